The number of hydrogen-bond donors (Lipinski definition) is 4. The van der Waals surface area contributed by atoms with Crippen molar-refractivity contribution in [1.82, 2.24) is 15.3 Å². The second kappa shape index (κ2) is 8.71. The third-order valence-electron chi connectivity index (χ3n) is 4.34. The number of nitrogens with zero attached hydrogens (tertiary/aromatic N) is 2. The first-order valence-electron chi connectivity index (χ1n) is 8.45. The van der Waals surface area contributed by atoms with Crippen LogP contribution in [0.1, 0.15) is 27.1 Å². The molecule has 0 unspecified atom stereocenters. The molecule has 0 radical (unpaired) electrons. The quantitative estimate of drug-likeness (QED) is 0.375. The van der Waals surface area contributed by atoms with Crippen molar-refractivity contribution >= 4 is 30.6 Å². The molecule has 10 heteroatoms. The molecule has 1 aromatic carbocycles. The minimum absolute atomic E-state index is 0.0518. The van der Waals surface area contributed by atoms with Crippen molar-refractivity contribution in [1.29, 1.82) is 0 Å². The Balaban J connectivity index is 1.72. The summed E-state index contributed by atoms with van der Waals surface area (Å²) in [5, 5.41) is 24.7. The number of nitrogens with one attached hydrogen (secondary N) is 2. The van der Waals surface area contributed by atoms with Crippen molar-refractivity contribution in [2.45, 2.75) is 18.5 Å². The van der Waals surface area contributed by atoms with E-state index in [0.717, 1.165) is 0 Å². The van der Waals surface area contributed by atoms with Crippen LogP contribution in [0.5, 0.6) is 0 Å². The van der Waals surface area contributed by atoms with Crippen molar-refractivity contribution in [3.63, 3.8) is 0 Å². The summed E-state index contributed by atoms with van der Waals surface area (Å²) >= 11 is 0. The minimum Gasteiger partial charge on any atom is -0.423 e. The first-order valence-corrected chi connectivity index (χ1v) is 8.45. The molecular weight excluding hydrogens is 351 g/mol. The summed E-state index contributed by atoms with van der Waals surface area (Å²) in [5.41, 5.74) is 0.366. The van der Waals surface area contributed by atoms with Crippen LogP contribution in [0.15, 0.2) is 36.8 Å². The van der Waals surface area contributed by atoms with Gasteiger partial charge in [0, 0.05) is 23.9 Å². The maximum absolute atomic E-state index is 12.6. The van der Waals surface area contributed by atoms with Gasteiger partial charge in [-0.3, -0.25) is 9.59 Å². The van der Waals surface area contributed by atoms with Crippen LogP contribution >= 0.6 is 0 Å². The fourth-order valence-corrected chi connectivity index (χ4v) is 2.92. The summed E-state index contributed by atoms with van der Waals surface area (Å²) in [6, 6.07) is 5.48. The first kappa shape index (κ1) is 19.0. The maximum atomic E-state index is 12.6. The van der Waals surface area contributed by atoms with Gasteiger partial charge >= 0.3 is 7.12 Å². The van der Waals surface area contributed by atoms with E-state index in [1.165, 1.54) is 24.5 Å². The fraction of sp³-hybridized carbons (Fsp3) is 0.294. The zero-order valence-electron chi connectivity index (χ0n) is 14.4. The van der Waals surface area contributed by atoms with E-state index in [-0.39, 0.29) is 34.6 Å². The summed E-state index contributed by atoms with van der Waals surface area (Å²) in [7, 11) is -1.78. The molecule has 140 valence electrons. The molecule has 1 aromatic heterocycles. The van der Waals surface area contributed by atoms with Crippen LogP contribution < -0.4 is 16.1 Å². The van der Waals surface area contributed by atoms with E-state index in [1.807, 2.05) is 0 Å². The SMILES string of the molecule is O=Cc1cc(C(=O)N[C@@H]2CCOC[C@@H]2Nc2ccncn2)ccc1B(O)O. The topological polar surface area (TPSA) is 134 Å². The van der Waals surface area contributed by atoms with E-state index in [1.54, 1.807) is 12.3 Å². The molecule has 3 rings (SSSR count). The molecule has 0 aliphatic carbocycles. The number of rotatable bonds is 6. The Hall–Kier alpha value is -2.82. The molecule has 0 saturated carbocycles. The molecule has 1 saturated heterocycles. The molecule has 2 heterocycles. The van der Waals surface area contributed by atoms with E-state index < -0.39 is 7.12 Å². The van der Waals surface area contributed by atoms with Gasteiger partial charge in [-0.2, -0.15) is 0 Å². The highest BCUT2D eigenvalue weighted by molar-refractivity contribution is 6.60. The fourth-order valence-electron chi connectivity index (χ4n) is 2.92. The normalized spacial score (nSPS) is 19.2. The van der Waals surface area contributed by atoms with Gasteiger partial charge in [-0.1, -0.05) is 6.07 Å². The predicted octanol–water partition coefficient (Wildman–Crippen LogP) is -1.03. The van der Waals surface area contributed by atoms with Gasteiger partial charge in [0.25, 0.3) is 5.91 Å². The number of ether oxygens (including phenoxy) is 1. The van der Waals surface area contributed by atoms with Gasteiger partial charge in [-0.05, 0) is 30.1 Å². The molecule has 1 fully saturated rings. The number of aromatic nitrogens is 2. The Labute approximate surface area is 155 Å². The number of carbonyl (C=O) groups is 2. The monoisotopic (exact) mass is 370 g/mol. The smallest absolute Gasteiger partial charge is 0.423 e. The third-order valence-corrected chi connectivity index (χ3v) is 4.34. The van der Waals surface area contributed by atoms with E-state index in [9.17, 15) is 19.6 Å². The second-order valence-electron chi connectivity index (χ2n) is 6.12. The molecule has 1 amide bonds. The van der Waals surface area contributed by atoms with Crippen molar-refractivity contribution < 1.29 is 24.4 Å². The molecule has 1 aliphatic heterocycles. The maximum Gasteiger partial charge on any atom is 0.489 e. The molecule has 2 atom stereocenters. The van der Waals surface area contributed by atoms with Gasteiger partial charge in [-0.15, -0.1) is 0 Å². The average molecular weight is 370 g/mol. The molecule has 27 heavy (non-hydrogen) atoms. The highest BCUT2D eigenvalue weighted by atomic mass is 16.5. The van der Waals surface area contributed by atoms with Gasteiger partial charge in [0.15, 0.2) is 0 Å². The lowest BCUT2D eigenvalue weighted by Gasteiger charge is -2.33. The van der Waals surface area contributed by atoms with Gasteiger partial charge in [-0.25, -0.2) is 9.97 Å². The number of benzene rings is 1. The largest absolute Gasteiger partial charge is 0.489 e. The molecule has 4 N–H and O–H groups in total. The molecule has 9 nitrogen and oxygen atoms in total. The van der Waals surface area contributed by atoms with Gasteiger partial charge in [0.1, 0.15) is 18.4 Å². The van der Waals surface area contributed by atoms with E-state index in [0.29, 0.717) is 31.7 Å². The van der Waals surface area contributed by atoms with Crippen LogP contribution in [0.2, 0.25) is 0 Å². The highest BCUT2D eigenvalue weighted by Gasteiger charge is 2.28. The van der Waals surface area contributed by atoms with E-state index >= 15 is 0 Å². The van der Waals surface area contributed by atoms with Crippen molar-refractivity contribution in [2.24, 2.45) is 0 Å². The zero-order chi connectivity index (χ0) is 19.2. The van der Waals surface area contributed by atoms with E-state index in [4.69, 9.17) is 4.74 Å². The van der Waals surface area contributed by atoms with Gasteiger partial charge in [0.2, 0.25) is 0 Å². The molecule has 0 spiro atoms. The standard InChI is InChI=1S/C17H19BN4O5/c23-8-12-7-11(1-2-13(12)18(25)26)17(24)22-14-4-6-27-9-15(14)21-16-3-5-19-10-20-16/h1-3,5,7-8,10,14-15,25-26H,4,6,9H2,(H,22,24)(H,19,20,21)/t14-,15+/m1/s1. The molecule has 1 aliphatic rings. The van der Waals surface area contributed by atoms with Crippen molar-refractivity contribution in [3.05, 3.63) is 47.9 Å². The Morgan fingerprint density at radius 2 is 2.15 bits per heavy atom. The lowest BCUT2D eigenvalue weighted by atomic mass is 9.77. The zero-order valence-corrected chi connectivity index (χ0v) is 14.4. The number of anilines is 1. The highest BCUT2D eigenvalue weighted by Crippen LogP contribution is 2.14. The Morgan fingerprint density at radius 3 is 2.85 bits per heavy atom. The lowest BCUT2D eigenvalue weighted by molar-refractivity contribution is 0.0620. The predicted molar refractivity (Wildman–Crippen MR) is 97.8 cm³/mol. The first-order chi connectivity index (χ1) is 13.1. The number of amides is 1. The van der Waals surface area contributed by atoms with Crippen LogP contribution in [0.25, 0.3) is 0 Å². The Bertz CT molecular complexity index is 805. The van der Waals surface area contributed by atoms with Gasteiger partial charge in [0.05, 0.1) is 18.7 Å². The summed E-state index contributed by atoms with van der Waals surface area (Å²) < 4.78 is 5.49. The van der Waals surface area contributed by atoms with Crippen LogP contribution in [0.3, 0.4) is 0 Å². The lowest BCUT2D eigenvalue weighted by Crippen LogP contribution is -2.52. The van der Waals surface area contributed by atoms with Crippen molar-refractivity contribution in [2.75, 3.05) is 18.5 Å². The Morgan fingerprint density at radius 1 is 1.30 bits per heavy atom. The number of hydrogen-bond acceptors (Lipinski definition) is 8. The Kier molecular flexibility index (Phi) is 6.12. The van der Waals surface area contributed by atoms with E-state index in [2.05, 4.69) is 20.6 Å². The minimum atomic E-state index is -1.78. The number of carbonyl (C=O) groups excluding carboxylic acids is 2. The van der Waals surface area contributed by atoms with Crippen LogP contribution in [0, 0.1) is 0 Å². The number of aldehydes is 1. The summed E-state index contributed by atoms with van der Waals surface area (Å²) in [4.78, 5) is 31.8. The van der Waals surface area contributed by atoms with Crippen molar-refractivity contribution in [3.8, 4) is 0 Å². The molecule has 0 bridgehead atoms. The van der Waals surface area contributed by atoms with Crippen LogP contribution in [-0.4, -0.2) is 64.6 Å². The summed E-state index contributed by atoms with van der Waals surface area (Å²) in [6.45, 7) is 0.923. The summed E-state index contributed by atoms with van der Waals surface area (Å²) in [6.07, 6.45) is 4.14. The second-order valence-corrected chi connectivity index (χ2v) is 6.12. The molecule has 2 aromatic rings. The third kappa shape index (κ3) is 4.67. The van der Waals surface area contributed by atoms with Crippen LogP contribution in [-0.2, 0) is 4.74 Å². The van der Waals surface area contributed by atoms with Gasteiger partial charge < -0.3 is 25.4 Å². The van der Waals surface area contributed by atoms with Crippen LogP contribution in [0.4, 0.5) is 5.82 Å². The average Bonchev–Trinajstić information content (AvgIpc) is 2.69. The molecular formula is C17H19BN4O5. The summed E-state index contributed by atoms with van der Waals surface area (Å²) in [5.74, 6) is 0.266.